The zero-order chi connectivity index (χ0) is 26.7. The lowest BCUT2D eigenvalue weighted by Gasteiger charge is -2.13. The lowest BCUT2D eigenvalue weighted by molar-refractivity contribution is -0.118. The van der Waals surface area contributed by atoms with Crippen molar-refractivity contribution in [1.29, 1.82) is 0 Å². The molecule has 0 spiro atoms. The van der Waals surface area contributed by atoms with E-state index >= 15 is 0 Å². The van der Waals surface area contributed by atoms with Gasteiger partial charge in [-0.05, 0) is 72.8 Å². The molecule has 0 heterocycles. The van der Waals surface area contributed by atoms with E-state index in [4.69, 9.17) is 21.5 Å². The molecule has 0 aromatic heterocycles. The number of aryl methyl sites for hydroxylation is 1. The Hall–Kier alpha value is -3.06. The minimum Gasteiger partial charge on any atom is -0.483 e. The molecule has 0 fully saturated rings. The Kier molecular flexibility index (Phi) is 8.34. The molecule has 0 unspecified atom stereocenters. The summed E-state index contributed by atoms with van der Waals surface area (Å²) in [6.45, 7) is 1.05. The van der Waals surface area contributed by atoms with Crippen LogP contribution in [0.1, 0.15) is 21.5 Å². The van der Waals surface area contributed by atoms with Gasteiger partial charge in [0, 0.05) is 21.2 Å². The van der Waals surface area contributed by atoms with E-state index in [9.17, 15) is 31.2 Å². The molecule has 0 radical (unpaired) electrons. The smallest absolute Gasteiger partial charge is 0.446 e. The summed E-state index contributed by atoms with van der Waals surface area (Å²) in [6, 6.07) is 13.0. The predicted octanol–water partition coefficient (Wildman–Crippen LogP) is 5.16. The lowest BCUT2D eigenvalue weighted by Crippen LogP contribution is -2.21. The van der Waals surface area contributed by atoms with E-state index in [1.54, 1.807) is 6.92 Å². The molecule has 0 aliphatic rings. The third-order valence-electron chi connectivity index (χ3n) is 4.68. The fraction of sp³-hybridized carbons (Fsp3) is 0.130. The molecular formula is C23H18ClF3N2O5S2. The fourth-order valence-electron chi connectivity index (χ4n) is 3.08. The molecule has 0 bridgehead atoms. The van der Waals surface area contributed by atoms with E-state index in [-0.39, 0.29) is 43.5 Å². The van der Waals surface area contributed by atoms with Gasteiger partial charge in [-0.3, -0.25) is 9.59 Å². The van der Waals surface area contributed by atoms with Gasteiger partial charge in [-0.15, -0.1) is 0 Å². The maximum absolute atomic E-state index is 13.0. The number of rotatable bonds is 8. The number of amides is 1. The van der Waals surface area contributed by atoms with Crippen LogP contribution in [0.25, 0.3) is 0 Å². The predicted molar refractivity (Wildman–Crippen MR) is 130 cm³/mol. The Morgan fingerprint density at radius 3 is 2.44 bits per heavy atom. The molecule has 7 nitrogen and oxygen atoms in total. The summed E-state index contributed by atoms with van der Waals surface area (Å²) in [6.07, 6.45) is 0. The number of halogens is 4. The number of anilines is 1. The van der Waals surface area contributed by atoms with Crippen molar-refractivity contribution in [3.05, 3.63) is 82.4 Å². The van der Waals surface area contributed by atoms with Crippen LogP contribution in [0.5, 0.6) is 5.75 Å². The number of ketones is 1. The number of primary sulfonamides is 1. The number of nitrogens with one attached hydrogen (secondary N) is 1. The number of carbonyl (C=O) groups is 2. The van der Waals surface area contributed by atoms with Crippen LogP contribution >= 0.6 is 23.4 Å². The molecule has 0 aliphatic carbocycles. The Morgan fingerprint density at radius 2 is 1.81 bits per heavy atom. The number of benzene rings is 3. The normalized spacial score (nSPS) is 11.7. The molecule has 0 aliphatic heterocycles. The molecule has 3 aromatic rings. The Morgan fingerprint density at radius 1 is 1.08 bits per heavy atom. The summed E-state index contributed by atoms with van der Waals surface area (Å²) in [7, 11) is -3.91. The summed E-state index contributed by atoms with van der Waals surface area (Å²) in [4.78, 5) is 25.2. The summed E-state index contributed by atoms with van der Waals surface area (Å²) >= 11 is 5.66. The lowest BCUT2D eigenvalue weighted by atomic mass is 10.0. The van der Waals surface area contributed by atoms with E-state index in [1.165, 1.54) is 54.6 Å². The average molecular weight is 559 g/mol. The number of thioether (sulfide) groups is 1. The first-order valence-corrected chi connectivity index (χ1v) is 12.7. The minimum absolute atomic E-state index is 0.00489. The van der Waals surface area contributed by atoms with E-state index in [0.29, 0.717) is 11.3 Å². The van der Waals surface area contributed by atoms with Crippen molar-refractivity contribution in [2.45, 2.75) is 22.2 Å². The van der Waals surface area contributed by atoms with Crippen LogP contribution < -0.4 is 15.2 Å². The molecule has 0 atom stereocenters. The van der Waals surface area contributed by atoms with Crippen molar-refractivity contribution < 1.29 is 35.9 Å². The molecule has 0 saturated carbocycles. The Balaban J connectivity index is 1.76. The van der Waals surface area contributed by atoms with Crippen LogP contribution in [0.3, 0.4) is 0 Å². The summed E-state index contributed by atoms with van der Waals surface area (Å²) in [5.74, 6) is -1.26. The van der Waals surface area contributed by atoms with Crippen molar-refractivity contribution in [2.75, 3.05) is 11.9 Å². The Bertz CT molecular complexity index is 1430. The van der Waals surface area contributed by atoms with Crippen LogP contribution in [0, 0.1) is 6.92 Å². The van der Waals surface area contributed by atoms with E-state index in [1.807, 2.05) is 0 Å². The first-order valence-electron chi connectivity index (χ1n) is 9.99. The van der Waals surface area contributed by atoms with E-state index < -0.39 is 33.8 Å². The molecule has 190 valence electrons. The molecule has 1 amide bonds. The van der Waals surface area contributed by atoms with E-state index in [0.717, 1.165) is 6.07 Å². The molecule has 3 aromatic carbocycles. The zero-order valence-electron chi connectivity index (χ0n) is 18.4. The maximum atomic E-state index is 13.0. The highest BCUT2D eigenvalue weighted by molar-refractivity contribution is 8.00. The van der Waals surface area contributed by atoms with Crippen LogP contribution in [0.15, 0.2) is 70.5 Å². The second kappa shape index (κ2) is 10.9. The largest absolute Gasteiger partial charge is 0.483 e. The van der Waals surface area contributed by atoms with Crippen LogP contribution in [-0.2, 0) is 14.8 Å². The first-order chi connectivity index (χ1) is 16.7. The summed E-state index contributed by atoms with van der Waals surface area (Å²) < 4.78 is 66.6. The topological polar surface area (TPSA) is 116 Å². The summed E-state index contributed by atoms with van der Waals surface area (Å²) in [5, 5.41) is 7.83. The van der Waals surface area contributed by atoms with Gasteiger partial charge in [0.05, 0.1) is 10.5 Å². The highest BCUT2D eigenvalue weighted by atomic mass is 35.5. The first kappa shape index (κ1) is 27.5. The standard InChI is InChI=1S/C23H18ClF3N2O5S2/c1-13-9-17(36(28,32)33)6-7-19(13)29-21(30)12-34-20-8-5-15(24)11-18(20)22(31)14-3-2-4-16(10-14)35-23(25,26)27/h2-11H,12H2,1H3,(H,29,30)(H2,28,32,33). The SMILES string of the molecule is Cc1cc(S(N)(=O)=O)ccc1NC(=O)COc1ccc(Cl)cc1C(=O)c1cccc(SC(F)(F)F)c1. The number of hydrogen-bond donors (Lipinski definition) is 2. The Labute approximate surface area is 213 Å². The molecular weight excluding hydrogens is 541 g/mol. The highest BCUT2D eigenvalue weighted by Gasteiger charge is 2.29. The van der Waals surface area contributed by atoms with Gasteiger partial charge in [0.1, 0.15) is 5.75 Å². The van der Waals surface area contributed by atoms with Gasteiger partial charge in [-0.25, -0.2) is 13.6 Å². The van der Waals surface area contributed by atoms with Crippen molar-refractivity contribution in [2.24, 2.45) is 5.14 Å². The third kappa shape index (κ3) is 7.47. The average Bonchev–Trinajstić information content (AvgIpc) is 2.77. The number of ether oxygens (including phenoxy) is 1. The van der Waals surface area contributed by atoms with Gasteiger partial charge in [-0.1, -0.05) is 23.7 Å². The van der Waals surface area contributed by atoms with Crippen molar-refractivity contribution in [3.8, 4) is 5.75 Å². The number of carbonyl (C=O) groups excluding carboxylic acids is 2. The van der Waals surface area contributed by atoms with Crippen molar-refractivity contribution in [1.82, 2.24) is 0 Å². The highest BCUT2D eigenvalue weighted by Crippen LogP contribution is 2.37. The molecule has 0 saturated heterocycles. The number of alkyl halides is 3. The number of nitrogens with two attached hydrogens (primary N) is 1. The third-order valence-corrected chi connectivity index (χ3v) is 6.54. The maximum Gasteiger partial charge on any atom is 0.446 e. The second-order valence-electron chi connectivity index (χ2n) is 7.40. The molecule has 3 rings (SSSR count). The quantitative estimate of drug-likeness (QED) is 0.292. The van der Waals surface area contributed by atoms with Crippen molar-refractivity contribution in [3.63, 3.8) is 0 Å². The minimum atomic E-state index is -4.52. The van der Waals surface area contributed by atoms with Gasteiger partial charge in [-0.2, -0.15) is 13.2 Å². The molecule has 13 heteroatoms. The van der Waals surface area contributed by atoms with Crippen LogP contribution in [0.4, 0.5) is 18.9 Å². The zero-order valence-corrected chi connectivity index (χ0v) is 20.8. The fourth-order valence-corrected chi connectivity index (χ4v) is 4.45. The van der Waals surface area contributed by atoms with Crippen LogP contribution in [0.2, 0.25) is 5.02 Å². The number of hydrogen-bond acceptors (Lipinski definition) is 6. The van der Waals surface area contributed by atoms with Gasteiger partial charge >= 0.3 is 5.51 Å². The van der Waals surface area contributed by atoms with Gasteiger partial charge in [0.25, 0.3) is 5.91 Å². The van der Waals surface area contributed by atoms with Gasteiger partial charge < -0.3 is 10.1 Å². The second-order valence-corrected chi connectivity index (χ2v) is 10.5. The van der Waals surface area contributed by atoms with Crippen molar-refractivity contribution >= 4 is 50.8 Å². The molecule has 3 N–H and O–H groups in total. The van der Waals surface area contributed by atoms with Gasteiger partial charge in [0.2, 0.25) is 10.0 Å². The summed E-state index contributed by atoms with van der Waals surface area (Å²) in [5.41, 5.74) is -3.82. The number of sulfonamides is 1. The van der Waals surface area contributed by atoms with Crippen LogP contribution in [-0.4, -0.2) is 32.2 Å². The van der Waals surface area contributed by atoms with Gasteiger partial charge in [0.15, 0.2) is 12.4 Å². The van der Waals surface area contributed by atoms with E-state index in [2.05, 4.69) is 5.32 Å². The molecule has 36 heavy (non-hydrogen) atoms. The monoisotopic (exact) mass is 558 g/mol.